The van der Waals surface area contributed by atoms with E-state index in [9.17, 15) is 0 Å². The summed E-state index contributed by atoms with van der Waals surface area (Å²) in [7, 11) is 2.14. The molecule has 1 aliphatic heterocycles. The molecule has 112 valence electrons. The average molecular weight is 303 g/mol. The predicted octanol–water partition coefficient (Wildman–Crippen LogP) is 2.23. The number of aromatic nitrogens is 1. The fraction of sp³-hybridized carbons (Fsp3) is 0.438. The summed E-state index contributed by atoms with van der Waals surface area (Å²) in [5.74, 6) is 0. The van der Waals surface area contributed by atoms with E-state index >= 15 is 0 Å². The fourth-order valence-electron chi connectivity index (χ4n) is 2.45. The Morgan fingerprint density at radius 2 is 2.24 bits per heavy atom. The van der Waals surface area contributed by atoms with Crippen molar-refractivity contribution in [2.24, 2.45) is 0 Å². The number of nitrogens with zero attached hydrogens (tertiary/aromatic N) is 2. The maximum Gasteiger partial charge on any atom is 0.123 e. The normalized spacial score (nSPS) is 19.8. The van der Waals surface area contributed by atoms with E-state index < -0.39 is 0 Å². The largest absolute Gasteiger partial charge is 0.374 e. The molecule has 4 nitrogen and oxygen atoms in total. The monoisotopic (exact) mass is 303 g/mol. The minimum absolute atomic E-state index is 0.297. The van der Waals surface area contributed by atoms with Gasteiger partial charge in [0.25, 0.3) is 0 Å². The van der Waals surface area contributed by atoms with Crippen LogP contribution in [0, 0.1) is 0 Å². The number of likely N-dealkylation sites (N-methyl/N-ethyl adjacent to an activating group) is 1. The van der Waals surface area contributed by atoms with E-state index in [1.165, 1.54) is 10.4 Å². The van der Waals surface area contributed by atoms with E-state index in [0.29, 0.717) is 6.10 Å². The van der Waals surface area contributed by atoms with Crippen LogP contribution in [0.4, 0.5) is 0 Å². The Hall–Kier alpha value is -1.27. The van der Waals surface area contributed by atoms with E-state index in [-0.39, 0.29) is 0 Å². The Kier molecular flexibility index (Phi) is 4.98. The topological polar surface area (TPSA) is 37.4 Å². The number of hydrogen-bond donors (Lipinski definition) is 1. The van der Waals surface area contributed by atoms with E-state index in [1.807, 2.05) is 24.4 Å². The molecule has 5 heteroatoms. The van der Waals surface area contributed by atoms with Crippen molar-refractivity contribution in [3.63, 3.8) is 0 Å². The Balaban J connectivity index is 1.49. The maximum atomic E-state index is 5.74. The van der Waals surface area contributed by atoms with Crippen molar-refractivity contribution in [3.05, 3.63) is 41.4 Å². The van der Waals surface area contributed by atoms with Crippen molar-refractivity contribution in [1.29, 1.82) is 0 Å². The van der Waals surface area contributed by atoms with Crippen LogP contribution in [-0.2, 0) is 11.3 Å². The molecule has 1 aromatic carbocycles. The third-order valence-corrected chi connectivity index (χ3v) is 4.63. The molecule has 1 atom stereocenters. The SMILES string of the molecule is CN1CCO[C@H](CNCc2cnc(-c3ccccc3)s2)C1. The summed E-state index contributed by atoms with van der Waals surface area (Å²) in [4.78, 5) is 8.08. The molecular weight excluding hydrogens is 282 g/mol. The zero-order valence-electron chi connectivity index (χ0n) is 12.3. The van der Waals surface area contributed by atoms with Crippen molar-refractivity contribution in [1.82, 2.24) is 15.2 Å². The highest BCUT2D eigenvalue weighted by molar-refractivity contribution is 7.15. The van der Waals surface area contributed by atoms with Gasteiger partial charge in [0.15, 0.2) is 0 Å². The third-order valence-electron chi connectivity index (χ3n) is 3.59. The number of ether oxygens (including phenoxy) is 1. The smallest absolute Gasteiger partial charge is 0.123 e. The molecule has 0 bridgehead atoms. The van der Waals surface area contributed by atoms with Crippen LogP contribution in [0.2, 0.25) is 0 Å². The first-order valence-electron chi connectivity index (χ1n) is 7.32. The van der Waals surface area contributed by atoms with Gasteiger partial charge >= 0.3 is 0 Å². The second-order valence-electron chi connectivity index (χ2n) is 5.38. The number of hydrogen-bond acceptors (Lipinski definition) is 5. The molecule has 1 aliphatic rings. The molecular formula is C16H21N3OS. The molecule has 0 unspecified atom stereocenters. The minimum atomic E-state index is 0.297. The van der Waals surface area contributed by atoms with Crippen molar-refractivity contribution in [2.45, 2.75) is 12.6 Å². The van der Waals surface area contributed by atoms with E-state index in [1.54, 1.807) is 11.3 Å². The standard InChI is InChI=1S/C16H21N3OS/c1-19-7-8-20-14(12-19)9-17-10-15-11-18-16(21-15)13-5-3-2-4-6-13/h2-6,11,14,17H,7-10,12H2,1H3/t14-/m1/s1. The van der Waals surface area contributed by atoms with Gasteiger partial charge in [-0.15, -0.1) is 11.3 Å². The summed E-state index contributed by atoms with van der Waals surface area (Å²) in [6.07, 6.45) is 2.26. The van der Waals surface area contributed by atoms with Crippen molar-refractivity contribution < 1.29 is 4.74 Å². The first-order valence-corrected chi connectivity index (χ1v) is 8.14. The van der Waals surface area contributed by atoms with Crippen molar-refractivity contribution >= 4 is 11.3 Å². The fourth-order valence-corrected chi connectivity index (χ4v) is 3.34. The van der Waals surface area contributed by atoms with Gasteiger partial charge in [-0.25, -0.2) is 4.98 Å². The van der Waals surface area contributed by atoms with Gasteiger partial charge < -0.3 is 15.0 Å². The molecule has 0 saturated carbocycles. The molecule has 1 fully saturated rings. The van der Waals surface area contributed by atoms with Gasteiger partial charge in [0.05, 0.1) is 12.7 Å². The zero-order valence-corrected chi connectivity index (χ0v) is 13.1. The first kappa shape index (κ1) is 14.7. The Morgan fingerprint density at radius 3 is 3.05 bits per heavy atom. The first-order chi connectivity index (χ1) is 10.3. The highest BCUT2D eigenvalue weighted by atomic mass is 32.1. The molecule has 0 aliphatic carbocycles. The molecule has 3 rings (SSSR count). The van der Waals surface area contributed by atoms with Gasteiger partial charge in [0.2, 0.25) is 0 Å². The van der Waals surface area contributed by atoms with E-state index in [0.717, 1.165) is 37.8 Å². The maximum absolute atomic E-state index is 5.74. The van der Waals surface area contributed by atoms with Crippen LogP contribution in [0.25, 0.3) is 10.6 Å². The molecule has 0 amide bonds. The highest BCUT2D eigenvalue weighted by Crippen LogP contribution is 2.24. The van der Waals surface area contributed by atoms with Crippen molar-refractivity contribution in [2.75, 3.05) is 33.3 Å². The van der Waals surface area contributed by atoms with Gasteiger partial charge in [-0.1, -0.05) is 30.3 Å². The Morgan fingerprint density at radius 1 is 1.38 bits per heavy atom. The summed E-state index contributed by atoms with van der Waals surface area (Å²) in [6, 6.07) is 10.3. The van der Waals surface area contributed by atoms with Gasteiger partial charge in [0, 0.05) is 42.8 Å². The van der Waals surface area contributed by atoms with Crippen LogP contribution in [-0.4, -0.2) is 49.3 Å². The Bertz CT molecular complexity index is 558. The Labute approximate surface area is 129 Å². The molecule has 1 saturated heterocycles. The van der Waals surface area contributed by atoms with Gasteiger partial charge in [-0.05, 0) is 7.05 Å². The quantitative estimate of drug-likeness (QED) is 0.919. The van der Waals surface area contributed by atoms with E-state index in [2.05, 4.69) is 34.4 Å². The number of thiazole rings is 1. The minimum Gasteiger partial charge on any atom is -0.374 e. The number of morpholine rings is 1. The lowest BCUT2D eigenvalue weighted by Crippen LogP contribution is -2.44. The highest BCUT2D eigenvalue weighted by Gasteiger charge is 2.17. The molecule has 2 aromatic rings. The second-order valence-corrected chi connectivity index (χ2v) is 6.50. The van der Waals surface area contributed by atoms with Crippen LogP contribution in [0.5, 0.6) is 0 Å². The van der Waals surface area contributed by atoms with Crippen LogP contribution < -0.4 is 5.32 Å². The van der Waals surface area contributed by atoms with Crippen LogP contribution >= 0.6 is 11.3 Å². The van der Waals surface area contributed by atoms with Crippen LogP contribution in [0.1, 0.15) is 4.88 Å². The van der Waals surface area contributed by atoms with Gasteiger partial charge in [-0.3, -0.25) is 0 Å². The van der Waals surface area contributed by atoms with Gasteiger partial charge in [-0.2, -0.15) is 0 Å². The summed E-state index contributed by atoms with van der Waals surface area (Å²) in [6.45, 7) is 4.62. The molecule has 0 radical (unpaired) electrons. The molecule has 1 N–H and O–H groups in total. The van der Waals surface area contributed by atoms with Crippen molar-refractivity contribution in [3.8, 4) is 10.6 Å². The average Bonchev–Trinajstić information content (AvgIpc) is 2.97. The molecule has 0 spiro atoms. The zero-order chi connectivity index (χ0) is 14.5. The second kappa shape index (κ2) is 7.13. The van der Waals surface area contributed by atoms with Gasteiger partial charge in [0.1, 0.15) is 5.01 Å². The predicted molar refractivity (Wildman–Crippen MR) is 86.5 cm³/mol. The number of benzene rings is 1. The van der Waals surface area contributed by atoms with Crippen LogP contribution in [0.15, 0.2) is 36.5 Å². The summed E-state index contributed by atoms with van der Waals surface area (Å²) in [5, 5.41) is 4.56. The number of nitrogens with one attached hydrogen (secondary N) is 1. The summed E-state index contributed by atoms with van der Waals surface area (Å²) >= 11 is 1.75. The molecule has 1 aromatic heterocycles. The lowest BCUT2D eigenvalue weighted by atomic mass is 10.2. The lowest BCUT2D eigenvalue weighted by Gasteiger charge is -2.30. The lowest BCUT2D eigenvalue weighted by molar-refractivity contribution is -0.0181. The summed E-state index contributed by atoms with van der Waals surface area (Å²) in [5.41, 5.74) is 1.19. The number of rotatable bonds is 5. The third kappa shape index (κ3) is 4.11. The molecule has 2 heterocycles. The van der Waals surface area contributed by atoms with Crippen LogP contribution in [0.3, 0.4) is 0 Å². The van der Waals surface area contributed by atoms with E-state index in [4.69, 9.17) is 4.74 Å². The summed E-state index contributed by atoms with van der Waals surface area (Å²) < 4.78 is 5.74. The molecule has 21 heavy (non-hydrogen) atoms.